The van der Waals surface area contributed by atoms with Crippen LogP contribution >= 0.6 is 0 Å². The van der Waals surface area contributed by atoms with Crippen molar-refractivity contribution < 1.29 is 8.81 Å². The number of rotatable bonds is 2. The second-order valence-corrected chi connectivity index (χ2v) is 5.40. The van der Waals surface area contributed by atoms with Crippen molar-refractivity contribution >= 4 is 16.9 Å². The summed E-state index contributed by atoms with van der Waals surface area (Å²) in [5, 5.41) is 10.8. The third-order valence-corrected chi connectivity index (χ3v) is 3.97. The van der Waals surface area contributed by atoms with Gasteiger partial charge in [-0.1, -0.05) is 6.07 Å². The number of hydrogen-bond acceptors (Lipinski definition) is 4. The number of imidazole rings is 1. The molecule has 3 aromatic heterocycles. The van der Waals surface area contributed by atoms with Crippen molar-refractivity contribution in [2.45, 2.75) is 0 Å². The van der Waals surface area contributed by atoms with E-state index >= 15 is 0 Å². The molecule has 24 heavy (non-hydrogen) atoms. The highest BCUT2D eigenvalue weighted by atomic mass is 19.1. The molecule has 1 N–H and O–H groups in total. The summed E-state index contributed by atoms with van der Waals surface area (Å²) >= 11 is 0. The second kappa shape index (κ2) is 4.76. The molecule has 116 valence electrons. The van der Waals surface area contributed by atoms with E-state index in [1.807, 2.05) is 22.6 Å². The third kappa shape index (κ3) is 1.84. The Balaban J connectivity index is 1.80. The Morgan fingerprint density at radius 1 is 0.958 bits per heavy atom. The largest absolute Gasteiger partial charge is 0.432 e. The van der Waals surface area contributed by atoms with Crippen LogP contribution in [0.4, 0.5) is 4.39 Å². The van der Waals surface area contributed by atoms with Crippen LogP contribution in [-0.2, 0) is 0 Å². The van der Waals surface area contributed by atoms with Crippen LogP contribution in [0.5, 0.6) is 0 Å². The molecule has 0 spiro atoms. The average Bonchev–Trinajstić information content (AvgIpc) is 3.29. The Kier molecular flexibility index (Phi) is 2.58. The number of oxazole rings is 1. The first-order chi connectivity index (χ1) is 11.8. The van der Waals surface area contributed by atoms with Crippen molar-refractivity contribution in [3.8, 4) is 22.5 Å². The highest BCUT2D eigenvalue weighted by Gasteiger charge is 2.18. The van der Waals surface area contributed by atoms with Crippen LogP contribution < -0.4 is 0 Å². The Hall–Kier alpha value is -3.48. The van der Waals surface area contributed by atoms with E-state index in [4.69, 9.17) is 4.42 Å². The van der Waals surface area contributed by atoms with Gasteiger partial charge in [0.1, 0.15) is 28.8 Å². The van der Waals surface area contributed by atoms with Crippen LogP contribution in [0.15, 0.2) is 59.3 Å². The predicted octanol–water partition coefficient (Wildman–Crippen LogP) is 3.67. The number of aromatic nitrogens is 5. The summed E-state index contributed by atoms with van der Waals surface area (Å²) in [6.45, 7) is 0. The fourth-order valence-corrected chi connectivity index (χ4v) is 2.86. The molecule has 6 nitrogen and oxygen atoms in total. The zero-order valence-electron chi connectivity index (χ0n) is 12.3. The lowest BCUT2D eigenvalue weighted by Crippen LogP contribution is -1.88. The number of hydrogen-bond donors (Lipinski definition) is 1. The lowest BCUT2D eigenvalue weighted by atomic mass is 10.0. The molecule has 3 heterocycles. The molecular weight excluding hydrogens is 309 g/mol. The number of H-pyrrole nitrogens is 1. The van der Waals surface area contributed by atoms with Crippen LogP contribution in [-0.4, -0.2) is 24.8 Å². The molecule has 7 heteroatoms. The van der Waals surface area contributed by atoms with Crippen molar-refractivity contribution in [3.05, 3.63) is 60.7 Å². The SMILES string of the molecule is Fc1ccc(-c2nc3occn3c2-c2ccc3n[nH]nc3c2)cc1. The topological polar surface area (TPSA) is 72.0 Å². The minimum absolute atomic E-state index is 0.285. The van der Waals surface area contributed by atoms with Gasteiger partial charge in [-0.25, -0.2) is 4.39 Å². The molecule has 0 radical (unpaired) electrons. The van der Waals surface area contributed by atoms with E-state index in [-0.39, 0.29) is 5.82 Å². The minimum Gasteiger partial charge on any atom is -0.432 e. The number of fused-ring (bicyclic) bond motifs is 2. The summed E-state index contributed by atoms with van der Waals surface area (Å²) in [7, 11) is 0. The zero-order valence-corrected chi connectivity index (χ0v) is 12.3. The maximum Gasteiger partial charge on any atom is 0.306 e. The molecule has 0 atom stereocenters. The molecule has 0 amide bonds. The number of halogens is 1. The Bertz CT molecular complexity index is 1170. The molecular formula is C17H10FN5O. The van der Waals surface area contributed by atoms with E-state index in [0.717, 1.165) is 33.5 Å². The monoisotopic (exact) mass is 319 g/mol. The van der Waals surface area contributed by atoms with Gasteiger partial charge in [0.05, 0.1) is 5.69 Å². The number of nitrogens with zero attached hydrogens (tertiary/aromatic N) is 4. The highest BCUT2D eigenvalue weighted by Crippen LogP contribution is 2.34. The van der Waals surface area contributed by atoms with Gasteiger partial charge < -0.3 is 4.42 Å². The van der Waals surface area contributed by atoms with Crippen molar-refractivity contribution in [1.82, 2.24) is 24.8 Å². The van der Waals surface area contributed by atoms with E-state index in [1.165, 1.54) is 12.1 Å². The molecule has 0 saturated heterocycles. The van der Waals surface area contributed by atoms with Crippen LogP contribution in [0.2, 0.25) is 0 Å². The lowest BCUT2D eigenvalue weighted by Gasteiger charge is -2.04. The Morgan fingerprint density at radius 2 is 1.75 bits per heavy atom. The van der Waals surface area contributed by atoms with Crippen LogP contribution in [0, 0.1) is 5.82 Å². The lowest BCUT2D eigenvalue weighted by molar-refractivity contribution is 0.596. The third-order valence-electron chi connectivity index (χ3n) is 3.97. The van der Waals surface area contributed by atoms with Crippen molar-refractivity contribution in [1.29, 1.82) is 0 Å². The van der Waals surface area contributed by atoms with Gasteiger partial charge in [0.2, 0.25) is 0 Å². The maximum atomic E-state index is 13.2. The number of aromatic amines is 1. The molecule has 0 bridgehead atoms. The predicted molar refractivity (Wildman–Crippen MR) is 85.7 cm³/mol. The van der Waals surface area contributed by atoms with E-state index < -0.39 is 0 Å². The summed E-state index contributed by atoms with van der Waals surface area (Å²) in [6, 6.07) is 12.0. The molecule has 0 aliphatic heterocycles. The van der Waals surface area contributed by atoms with Crippen LogP contribution in [0.1, 0.15) is 0 Å². The zero-order chi connectivity index (χ0) is 16.1. The van der Waals surface area contributed by atoms with Gasteiger partial charge in [0, 0.05) is 17.3 Å². The Morgan fingerprint density at radius 3 is 2.62 bits per heavy atom. The van der Waals surface area contributed by atoms with Gasteiger partial charge in [0.25, 0.3) is 0 Å². The summed E-state index contributed by atoms with van der Waals surface area (Å²) in [6.07, 6.45) is 3.38. The van der Waals surface area contributed by atoms with Crippen molar-refractivity contribution in [2.24, 2.45) is 0 Å². The first-order valence-electron chi connectivity index (χ1n) is 7.32. The van der Waals surface area contributed by atoms with Gasteiger partial charge in [-0.15, -0.1) is 0 Å². The molecule has 0 aliphatic rings. The number of benzene rings is 2. The normalized spacial score (nSPS) is 11.5. The van der Waals surface area contributed by atoms with E-state index in [2.05, 4.69) is 20.4 Å². The Labute approximate surface area is 134 Å². The minimum atomic E-state index is -0.285. The van der Waals surface area contributed by atoms with Gasteiger partial charge in [-0.3, -0.25) is 4.40 Å². The van der Waals surface area contributed by atoms with E-state index in [9.17, 15) is 4.39 Å². The summed E-state index contributed by atoms with van der Waals surface area (Å²) in [5.41, 5.74) is 4.86. The molecule has 0 saturated carbocycles. The average molecular weight is 319 g/mol. The first-order valence-corrected chi connectivity index (χ1v) is 7.32. The molecule has 5 rings (SSSR count). The van der Waals surface area contributed by atoms with Crippen molar-refractivity contribution in [2.75, 3.05) is 0 Å². The van der Waals surface area contributed by atoms with E-state index in [0.29, 0.717) is 5.84 Å². The van der Waals surface area contributed by atoms with Gasteiger partial charge in [-0.2, -0.15) is 20.4 Å². The maximum absolute atomic E-state index is 13.2. The van der Waals surface area contributed by atoms with Gasteiger partial charge in [-0.05, 0) is 36.4 Å². The molecule has 0 fully saturated rings. The first kappa shape index (κ1) is 13.0. The molecule has 5 aromatic rings. The quantitative estimate of drug-likeness (QED) is 0.539. The molecule has 0 unspecified atom stereocenters. The fraction of sp³-hybridized carbons (Fsp3) is 0. The summed E-state index contributed by atoms with van der Waals surface area (Å²) < 4.78 is 20.5. The molecule has 2 aromatic carbocycles. The fourth-order valence-electron chi connectivity index (χ4n) is 2.86. The van der Waals surface area contributed by atoms with Crippen LogP contribution in [0.3, 0.4) is 0 Å². The number of nitrogens with one attached hydrogen (secondary N) is 1. The van der Waals surface area contributed by atoms with Crippen molar-refractivity contribution in [3.63, 3.8) is 0 Å². The summed E-state index contributed by atoms with van der Waals surface area (Å²) in [4.78, 5) is 4.55. The molecule has 0 aliphatic carbocycles. The standard InChI is InChI=1S/C17H10FN5O/c18-12-4-1-10(2-5-12)15-16(23-7-8-24-17(23)19-15)11-3-6-13-14(9-11)21-22-20-13/h1-9H,(H,20,21,22). The highest BCUT2D eigenvalue weighted by molar-refractivity contribution is 5.86. The van der Waals surface area contributed by atoms with Gasteiger partial charge >= 0.3 is 5.84 Å². The second-order valence-electron chi connectivity index (χ2n) is 5.40. The van der Waals surface area contributed by atoms with Gasteiger partial charge in [0.15, 0.2) is 0 Å². The summed E-state index contributed by atoms with van der Waals surface area (Å²) in [5.74, 6) is 0.191. The van der Waals surface area contributed by atoms with E-state index in [1.54, 1.807) is 24.6 Å². The smallest absolute Gasteiger partial charge is 0.306 e. The van der Waals surface area contributed by atoms with Crippen LogP contribution in [0.25, 0.3) is 39.4 Å².